The van der Waals surface area contributed by atoms with E-state index in [2.05, 4.69) is 20.7 Å². The summed E-state index contributed by atoms with van der Waals surface area (Å²) in [6.45, 7) is -1.29. The van der Waals surface area contributed by atoms with Crippen molar-refractivity contribution in [2.75, 3.05) is 24.4 Å². The average molecular weight is 269 g/mol. The second kappa shape index (κ2) is 5.67. The number of nitrogen functional groups attached to an aromatic ring is 1. The molecule has 0 radical (unpaired) electrons. The second-order valence-corrected chi connectivity index (χ2v) is 3.16. The predicted octanol–water partition coefficient (Wildman–Crippen LogP) is 1.08. The maximum atomic E-state index is 12.7. The van der Waals surface area contributed by atoms with Crippen LogP contribution in [0.15, 0.2) is 6.33 Å². The van der Waals surface area contributed by atoms with E-state index >= 15 is 0 Å². The molecule has 0 aliphatic rings. The highest BCUT2D eigenvalue weighted by atomic mass is 19.3. The summed E-state index contributed by atoms with van der Waals surface area (Å²) < 4.78 is 54.2. The van der Waals surface area contributed by atoms with Crippen molar-refractivity contribution in [1.29, 1.82) is 0 Å². The van der Waals surface area contributed by atoms with Crippen LogP contribution in [0.25, 0.3) is 0 Å². The average Bonchev–Trinajstić information content (AvgIpc) is 2.35. The number of ether oxygens (including phenoxy) is 1. The number of hydrazine groups is 1. The third-order valence-corrected chi connectivity index (χ3v) is 1.96. The van der Waals surface area contributed by atoms with Crippen LogP contribution in [-0.4, -0.2) is 36.0 Å². The zero-order chi connectivity index (χ0) is 13.8. The Balaban J connectivity index is 2.85. The number of halogens is 4. The maximum absolute atomic E-state index is 12.7. The minimum absolute atomic E-state index is 0.0374. The van der Waals surface area contributed by atoms with Crippen LogP contribution >= 0.6 is 0 Å². The molecule has 0 aliphatic heterocycles. The number of nitrogens with one attached hydrogen (secondary N) is 2. The fourth-order valence-electron chi connectivity index (χ4n) is 1.07. The number of hydrogen-bond donors (Lipinski definition) is 3. The van der Waals surface area contributed by atoms with Gasteiger partial charge in [-0.1, -0.05) is 0 Å². The summed E-state index contributed by atoms with van der Waals surface area (Å²) in [5, 5.41) is 2.06. The van der Waals surface area contributed by atoms with Crippen LogP contribution < -0.4 is 21.3 Å². The molecule has 1 heterocycles. The van der Waals surface area contributed by atoms with Gasteiger partial charge >= 0.3 is 12.3 Å². The molecule has 1 aromatic heterocycles. The number of methoxy groups -OCH3 is 1. The molecule has 4 N–H and O–H groups in total. The molecular formula is C8H11F4N5O. The van der Waals surface area contributed by atoms with Gasteiger partial charge in [0.1, 0.15) is 6.33 Å². The van der Waals surface area contributed by atoms with E-state index in [1.807, 2.05) is 0 Å². The molecule has 18 heavy (non-hydrogen) atoms. The third kappa shape index (κ3) is 3.09. The number of nitrogens with zero attached hydrogens (tertiary/aromatic N) is 2. The van der Waals surface area contributed by atoms with Gasteiger partial charge in [0.25, 0.3) is 0 Å². The van der Waals surface area contributed by atoms with Crippen LogP contribution in [0.2, 0.25) is 0 Å². The number of hydrogen-bond acceptors (Lipinski definition) is 6. The summed E-state index contributed by atoms with van der Waals surface area (Å²) in [6.07, 6.45) is -2.76. The van der Waals surface area contributed by atoms with Crippen molar-refractivity contribution in [2.45, 2.75) is 12.3 Å². The zero-order valence-corrected chi connectivity index (χ0v) is 9.25. The molecule has 0 spiro atoms. The largest absolute Gasteiger partial charge is 0.490 e. The van der Waals surface area contributed by atoms with Gasteiger partial charge in [0, 0.05) is 0 Å². The van der Waals surface area contributed by atoms with Gasteiger partial charge in [-0.25, -0.2) is 24.6 Å². The Morgan fingerprint density at radius 3 is 2.50 bits per heavy atom. The van der Waals surface area contributed by atoms with Crippen molar-refractivity contribution in [3.05, 3.63) is 6.33 Å². The lowest BCUT2D eigenvalue weighted by Crippen LogP contribution is -2.35. The molecule has 1 aromatic rings. The first-order valence-electron chi connectivity index (χ1n) is 4.67. The monoisotopic (exact) mass is 269 g/mol. The summed E-state index contributed by atoms with van der Waals surface area (Å²) in [6, 6.07) is 0. The summed E-state index contributed by atoms with van der Waals surface area (Å²) in [5.74, 6) is 0.755. The Bertz CT molecular complexity index is 403. The SMILES string of the molecule is COc1c(NN)ncnc1NCC(F)(F)C(F)F. The molecule has 0 atom stereocenters. The Hall–Kier alpha value is -1.84. The van der Waals surface area contributed by atoms with Gasteiger partial charge in [0.2, 0.25) is 5.75 Å². The second-order valence-electron chi connectivity index (χ2n) is 3.16. The molecule has 0 fully saturated rings. The summed E-state index contributed by atoms with van der Waals surface area (Å²) in [5.41, 5.74) is 2.16. The van der Waals surface area contributed by atoms with Crippen molar-refractivity contribution in [1.82, 2.24) is 9.97 Å². The Labute approximate surface area is 99.5 Å². The first-order chi connectivity index (χ1) is 8.42. The number of nitrogens with two attached hydrogens (primary N) is 1. The van der Waals surface area contributed by atoms with Gasteiger partial charge in [0.05, 0.1) is 13.7 Å². The smallest absolute Gasteiger partial charge is 0.324 e. The lowest BCUT2D eigenvalue weighted by atomic mass is 10.3. The highest BCUT2D eigenvalue weighted by Gasteiger charge is 2.40. The maximum Gasteiger partial charge on any atom is 0.324 e. The molecule has 0 aromatic carbocycles. The molecule has 0 aliphatic carbocycles. The first kappa shape index (κ1) is 14.2. The van der Waals surface area contributed by atoms with Crippen LogP contribution in [-0.2, 0) is 0 Å². The van der Waals surface area contributed by atoms with Gasteiger partial charge < -0.3 is 15.5 Å². The van der Waals surface area contributed by atoms with E-state index in [1.165, 1.54) is 7.11 Å². The van der Waals surface area contributed by atoms with Crippen LogP contribution in [0.3, 0.4) is 0 Å². The van der Waals surface area contributed by atoms with E-state index in [1.54, 1.807) is 0 Å². The van der Waals surface area contributed by atoms with E-state index < -0.39 is 18.9 Å². The Morgan fingerprint density at radius 2 is 2.00 bits per heavy atom. The molecule has 0 unspecified atom stereocenters. The summed E-state index contributed by atoms with van der Waals surface area (Å²) in [7, 11) is 1.23. The summed E-state index contributed by atoms with van der Waals surface area (Å²) in [4.78, 5) is 7.26. The highest BCUT2D eigenvalue weighted by Crippen LogP contribution is 2.30. The normalized spacial score (nSPS) is 11.5. The van der Waals surface area contributed by atoms with Gasteiger partial charge in [0.15, 0.2) is 11.6 Å². The lowest BCUT2D eigenvalue weighted by Gasteiger charge is -2.17. The van der Waals surface area contributed by atoms with E-state index in [0.717, 1.165) is 6.33 Å². The van der Waals surface area contributed by atoms with E-state index in [-0.39, 0.29) is 17.4 Å². The van der Waals surface area contributed by atoms with E-state index in [0.29, 0.717) is 0 Å². The van der Waals surface area contributed by atoms with Gasteiger partial charge in [-0.2, -0.15) is 8.78 Å². The molecule has 0 saturated heterocycles. The Kier molecular flexibility index (Phi) is 4.48. The topological polar surface area (TPSA) is 85.1 Å². The fraction of sp³-hybridized carbons (Fsp3) is 0.500. The van der Waals surface area contributed by atoms with Gasteiger partial charge in [-0.15, -0.1) is 0 Å². The van der Waals surface area contributed by atoms with Crippen molar-refractivity contribution >= 4 is 11.6 Å². The van der Waals surface area contributed by atoms with Crippen molar-refractivity contribution in [3.63, 3.8) is 0 Å². The van der Waals surface area contributed by atoms with Gasteiger partial charge in [-0.05, 0) is 0 Å². The predicted molar refractivity (Wildman–Crippen MR) is 55.8 cm³/mol. The van der Waals surface area contributed by atoms with Crippen LogP contribution in [0, 0.1) is 0 Å². The quantitative estimate of drug-likeness (QED) is 0.407. The molecule has 0 saturated carbocycles. The minimum Gasteiger partial charge on any atom is -0.490 e. The zero-order valence-electron chi connectivity index (χ0n) is 9.25. The Morgan fingerprint density at radius 1 is 1.39 bits per heavy atom. The molecular weight excluding hydrogens is 258 g/mol. The molecule has 102 valence electrons. The molecule has 0 amide bonds. The van der Waals surface area contributed by atoms with Crippen LogP contribution in [0.5, 0.6) is 5.75 Å². The molecule has 10 heteroatoms. The summed E-state index contributed by atoms with van der Waals surface area (Å²) >= 11 is 0. The van der Waals surface area contributed by atoms with Crippen molar-refractivity contribution in [2.24, 2.45) is 5.84 Å². The van der Waals surface area contributed by atoms with E-state index in [9.17, 15) is 17.6 Å². The first-order valence-corrected chi connectivity index (χ1v) is 4.67. The van der Waals surface area contributed by atoms with Crippen LogP contribution in [0.4, 0.5) is 29.2 Å². The third-order valence-electron chi connectivity index (χ3n) is 1.96. The van der Waals surface area contributed by atoms with Crippen LogP contribution in [0.1, 0.15) is 0 Å². The number of alkyl halides is 4. The fourth-order valence-corrected chi connectivity index (χ4v) is 1.07. The van der Waals surface area contributed by atoms with Crippen molar-refractivity contribution in [3.8, 4) is 5.75 Å². The molecule has 0 bridgehead atoms. The highest BCUT2D eigenvalue weighted by molar-refractivity contribution is 5.63. The van der Waals surface area contributed by atoms with Crippen molar-refractivity contribution < 1.29 is 22.3 Å². The van der Waals surface area contributed by atoms with E-state index in [4.69, 9.17) is 10.6 Å². The number of anilines is 2. The molecule has 1 rings (SSSR count). The molecule has 6 nitrogen and oxygen atoms in total. The number of aromatic nitrogens is 2. The van der Waals surface area contributed by atoms with Gasteiger partial charge in [-0.3, -0.25) is 0 Å². The standard InChI is InChI=1S/C8H11F4N5O/c1-18-4-5(15-3-16-6(4)17-13)14-2-8(11,12)7(9)10/h3,7H,2,13H2,1H3,(H2,14,15,16,17). The number of rotatable bonds is 6. The lowest BCUT2D eigenvalue weighted by molar-refractivity contribution is -0.117. The minimum atomic E-state index is -4.17.